The predicted molar refractivity (Wildman–Crippen MR) is 84.7 cm³/mol. The smallest absolute Gasteiger partial charge is 0.0466 e. The second kappa shape index (κ2) is 6.27. The van der Waals surface area contributed by atoms with E-state index in [2.05, 4.69) is 63.2 Å². The molecule has 100 valence electrons. The van der Waals surface area contributed by atoms with Crippen LogP contribution in [0.2, 0.25) is 0 Å². The number of aryl methyl sites for hydroxylation is 3. The van der Waals surface area contributed by atoms with Crippen LogP contribution in [-0.4, -0.2) is 6.54 Å². The average molecular weight is 271 g/mol. The van der Waals surface area contributed by atoms with Crippen LogP contribution in [0.3, 0.4) is 0 Å². The Labute approximate surface area is 120 Å². The molecule has 0 saturated carbocycles. The summed E-state index contributed by atoms with van der Waals surface area (Å²) in [5.74, 6) is 0. The maximum Gasteiger partial charge on any atom is 0.0466 e. The van der Waals surface area contributed by atoms with Crippen molar-refractivity contribution < 1.29 is 0 Å². The van der Waals surface area contributed by atoms with Gasteiger partial charge in [0.1, 0.15) is 0 Å². The van der Waals surface area contributed by atoms with Crippen LogP contribution in [0.5, 0.6) is 0 Å². The van der Waals surface area contributed by atoms with Gasteiger partial charge < -0.3 is 5.73 Å². The first-order valence-corrected chi connectivity index (χ1v) is 7.48. The zero-order chi connectivity index (χ0) is 13.8. The van der Waals surface area contributed by atoms with E-state index in [1.165, 1.54) is 27.1 Å². The lowest BCUT2D eigenvalue weighted by atomic mass is 10.1. The van der Waals surface area contributed by atoms with Gasteiger partial charge in [0.25, 0.3) is 0 Å². The van der Waals surface area contributed by atoms with Crippen molar-refractivity contribution in [3.8, 4) is 0 Å². The highest BCUT2D eigenvalue weighted by atomic mass is 32.2. The number of rotatable bonds is 4. The Balaban J connectivity index is 2.21. The highest BCUT2D eigenvalue weighted by Gasteiger charge is 2.11. The van der Waals surface area contributed by atoms with Crippen molar-refractivity contribution in [1.29, 1.82) is 0 Å². The van der Waals surface area contributed by atoms with Gasteiger partial charge in [-0.25, -0.2) is 0 Å². The Kier molecular flexibility index (Phi) is 4.67. The molecule has 0 aromatic heterocycles. The Hall–Kier alpha value is -1.25. The van der Waals surface area contributed by atoms with Crippen molar-refractivity contribution in [3.63, 3.8) is 0 Å². The molecule has 2 N–H and O–H groups in total. The molecule has 1 unspecified atom stereocenters. The monoisotopic (exact) mass is 271 g/mol. The lowest BCUT2D eigenvalue weighted by Gasteiger charge is -2.16. The first-order chi connectivity index (χ1) is 9.10. The molecular weight excluding hydrogens is 250 g/mol. The van der Waals surface area contributed by atoms with Crippen LogP contribution >= 0.6 is 11.8 Å². The summed E-state index contributed by atoms with van der Waals surface area (Å²) in [6.45, 7) is 7.08. The van der Waals surface area contributed by atoms with Gasteiger partial charge in [0.2, 0.25) is 0 Å². The van der Waals surface area contributed by atoms with Gasteiger partial charge in [-0.3, -0.25) is 0 Å². The molecule has 0 aliphatic heterocycles. The molecule has 0 aliphatic rings. The molecule has 0 fully saturated rings. The zero-order valence-corrected chi connectivity index (χ0v) is 12.6. The summed E-state index contributed by atoms with van der Waals surface area (Å²) in [4.78, 5) is 1.29. The van der Waals surface area contributed by atoms with Gasteiger partial charge in [0, 0.05) is 16.7 Å². The van der Waals surface area contributed by atoms with Gasteiger partial charge in [-0.15, -0.1) is 11.8 Å². The number of thioether (sulfide) groups is 1. The SMILES string of the molecule is Cc1cccc(C(CN)Sc2ccc(C)c(C)c2)c1. The van der Waals surface area contributed by atoms with Crippen molar-refractivity contribution in [2.45, 2.75) is 30.9 Å². The van der Waals surface area contributed by atoms with E-state index in [4.69, 9.17) is 5.73 Å². The van der Waals surface area contributed by atoms with Crippen LogP contribution < -0.4 is 5.73 Å². The molecule has 19 heavy (non-hydrogen) atoms. The molecule has 0 saturated heterocycles. The third-order valence-electron chi connectivity index (χ3n) is 3.38. The number of hydrogen-bond acceptors (Lipinski definition) is 2. The summed E-state index contributed by atoms with van der Waals surface area (Å²) in [5.41, 5.74) is 11.2. The lowest BCUT2D eigenvalue weighted by Crippen LogP contribution is -2.09. The van der Waals surface area contributed by atoms with Crippen LogP contribution in [-0.2, 0) is 0 Å². The number of hydrogen-bond donors (Lipinski definition) is 1. The molecule has 2 aromatic carbocycles. The van der Waals surface area contributed by atoms with Crippen LogP contribution in [0.4, 0.5) is 0 Å². The van der Waals surface area contributed by atoms with E-state index in [1.807, 2.05) is 11.8 Å². The van der Waals surface area contributed by atoms with Crippen LogP contribution in [0.1, 0.15) is 27.5 Å². The van der Waals surface area contributed by atoms with E-state index in [0.717, 1.165) is 0 Å². The van der Waals surface area contributed by atoms with Gasteiger partial charge in [0.05, 0.1) is 0 Å². The highest BCUT2D eigenvalue weighted by Crippen LogP contribution is 2.35. The van der Waals surface area contributed by atoms with Gasteiger partial charge in [-0.1, -0.05) is 35.9 Å². The zero-order valence-electron chi connectivity index (χ0n) is 11.8. The Bertz CT molecular complexity index is 563. The summed E-state index contributed by atoms with van der Waals surface area (Å²) in [5, 5.41) is 0.321. The Morgan fingerprint density at radius 3 is 2.42 bits per heavy atom. The molecule has 0 bridgehead atoms. The second-order valence-corrected chi connectivity index (χ2v) is 6.28. The first kappa shape index (κ1) is 14.2. The van der Waals surface area contributed by atoms with Crippen molar-refractivity contribution >= 4 is 11.8 Å². The summed E-state index contributed by atoms with van der Waals surface area (Å²) < 4.78 is 0. The van der Waals surface area contributed by atoms with E-state index in [9.17, 15) is 0 Å². The fourth-order valence-electron chi connectivity index (χ4n) is 2.07. The van der Waals surface area contributed by atoms with Crippen molar-refractivity contribution in [2.24, 2.45) is 5.73 Å². The Morgan fingerprint density at radius 1 is 1.00 bits per heavy atom. The Morgan fingerprint density at radius 2 is 1.79 bits per heavy atom. The van der Waals surface area contributed by atoms with Crippen molar-refractivity contribution in [3.05, 3.63) is 64.7 Å². The number of nitrogens with two attached hydrogens (primary N) is 1. The van der Waals surface area contributed by atoms with Crippen LogP contribution in [0.25, 0.3) is 0 Å². The third kappa shape index (κ3) is 3.62. The number of benzene rings is 2. The molecular formula is C17H21NS. The normalized spacial score (nSPS) is 12.4. The van der Waals surface area contributed by atoms with Gasteiger partial charge >= 0.3 is 0 Å². The lowest BCUT2D eigenvalue weighted by molar-refractivity contribution is 0.939. The van der Waals surface area contributed by atoms with Crippen molar-refractivity contribution in [2.75, 3.05) is 6.54 Å². The second-order valence-electron chi connectivity index (χ2n) is 5.00. The molecule has 0 radical (unpaired) electrons. The van der Waals surface area contributed by atoms with E-state index >= 15 is 0 Å². The standard InChI is InChI=1S/C17H21NS/c1-12-5-4-6-15(9-12)17(11-18)19-16-8-7-13(2)14(3)10-16/h4-10,17H,11,18H2,1-3H3. The fourth-order valence-corrected chi connectivity index (χ4v) is 3.17. The third-order valence-corrected chi connectivity index (χ3v) is 4.66. The summed E-state index contributed by atoms with van der Waals surface area (Å²) in [7, 11) is 0. The predicted octanol–water partition coefficient (Wildman–Crippen LogP) is 4.40. The highest BCUT2D eigenvalue weighted by molar-refractivity contribution is 7.99. The van der Waals surface area contributed by atoms with E-state index in [0.29, 0.717) is 11.8 Å². The minimum absolute atomic E-state index is 0.321. The van der Waals surface area contributed by atoms with Gasteiger partial charge in [0.15, 0.2) is 0 Å². The topological polar surface area (TPSA) is 26.0 Å². The average Bonchev–Trinajstić information content (AvgIpc) is 2.40. The van der Waals surface area contributed by atoms with Gasteiger partial charge in [-0.05, 0) is 49.6 Å². The minimum Gasteiger partial charge on any atom is -0.329 e. The van der Waals surface area contributed by atoms with E-state index in [1.54, 1.807) is 0 Å². The molecule has 0 spiro atoms. The minimum atomic E-state index is 0.321. The molecule has 2 heteroatoms. The summed E-state index contributed by atoms with van der Waals surface area (Å²) >= 11 is 1.85. The molecule has 1 atom stereocenters. The molecule has 0 heterocycles. The quantitative estimate of drug-likeness (QED) is 0.834. The van der Waals surface area contributed by atoms with Crippen LogP contribution in [0, 0.1) is 20.8 Å². The first-order valence-electron chi connectivity index (χ1n) is 6.60. The maximum atomic E-state index is 5.95. The fraction of sp³-hybridized carbons (Fsp3) is 0.294. The molecule has 0 amide bonds. The molecule has 2 rings (SSSR count). The molecule has 0 aliphatic carbocycles. The van der Waals surface area contributed by atoms with E-state index < -0.39 is 0 Å². The van der Waals surface area contributed by atoms with E-state index in [-0.39, 0.29) is 0 Å². The van der Waals surface area contributed by atoms with Crippen molar-refractivity contribution in [1.82, 2.24) is 0 Å². The van der Waals surface area contributed by atoms with Crippen LogP contribution in [0.15, 0.2) is 47.4 Å². The largest absolute Gasteiger partial charge is 0.329 e. The maximum absolute atomic E-state index is 5.95. The molecule has 2 aromatic rings. The summed E-state index contributed by atoms with van der Waals surface area (Å²) in [6, 6.07) is 15.2. The molecule has 1 nitrogen and oxygen atoms in total. The summed E-state index contributed by atoms with van der Waals surface area (Å²) in [6.07, 6.45) is 0. The van der Waals surface area contributed by atoms with Gasteiger partial charge in [-0.2, -0.15) is 0 Å².